The van der Waals surface area contributed by atoms with E-state index in [0.717, 1.165) is 22.4 Å². The Morgan fingerprint density at radius 2 is 1.87 bits per heavy atom. The molecule has 0 aliphatic rings. The quantitative estimate of drug-likeness (QED) is 0.299. The van der Waals surface area contributed by atoms with Crippen molar-refractivity contribution in [3.8, 4) is 5.75 Å². The van der Waals surface area contributed by atoms with Crippen molar-refractivity contribution in [2.45, 2.75) is 31.8 Å². The summed E-state index contributed by atoms with van der Waals surface area (Å²) in [6.45, 7) is 6.56. The van der Waals surface area contributed by atoms with Crippen LogP contribution in [0.1, 0.15) is 23.6 Å². The number of nitrogens with two attached hydrogens (primary N) is 1. The molecule has 2 aromatic carbocycles. The maximum absolute atomic E-state index is 11.5. The minimum atomic E-state index is -3.73. The van der Waals surface area contributed by atoms with Gasteiger partial charge in [-0.25, -0.2) is 13.6 Å². The van der Waals surface area contributed by atoms with Crippen molar-refractivity contribution < 1.29 is 17.9 Å². The van der Waals surface area contributed by atoms with Crippen molar-refractivity contribution in [1.82, 2.24) is 10.6 Å². The lowest BCUT2D eigenvalue weighted by atomic mass is 10.1. The summed E-state index contributed by atoms with van der Waals surface area (Å²) in [7, 11) is -2.06. The van der Waals surface area contributed by atoms with Crippen molar-refractivity contribution in [3.63, 3.8) is 0 Å². The molecular formula is C21H30N4O4S. The minimum Gasteiger partial charge on any atom is -0.491 e. The highest BCUT2D eigenvalue weighted by Gasteiger charge is 2.09. The smallest absolute Gasteiger partial charge is 0.238 e. The zero-order valence-corrected chi connectivity index (χ0v) is 18.5. The molecule has 30 heavy (non-hydrogen) atoms. The largest absolute Gasteiger partial charge is 0.491 e. The number of ether oxygens (including phenoxy) is 2. The number of nitrogens with one attached hydrogen (secondary N) is 2. The molecule has 0 aliphatic carbocycles. The Morgan fingerprint density at radius 1 is 1.10 bits per heavy atom. The van der Waals surface area contributed by atoms with Gasteiger partial charge in [-0.15, -0.1) is 0 Å². The van der Waals surface area contributed by atoms with Crippen molar-refractivity contribution in [2.24, 2.45) is 10.1 Å². The fourth-order valence-corrected chi connectivity index (χ4v) is 3.30. The fourth-order valence-electron chi connectivity index (χ4n) is 2.71. The highest BCUT2D eigenvalue weighted by molar-refractivity contribution is 7.89. The average Bonchev–Trinajstić information content (AvgIpc) is 2.72. The van der Waals surface area contributed by atoms with Crippen LogP contribution in [-0.4, -0.2) is 41.2 Å². The minimum absolute atomic E-state index is 0.0817. The van der Waals surface area contributed by atoms with E-state index in [9.17, 15) is 8.42 Å². The summed E-state index contributed by atoms with van der Waals surface area (Å²) in [4.78, 5) is 4.30. The van der Waals surface area contributed by atoms with Gasteiger partial charge in [0.15, 0.2) is 5.96 Å². The van der Waals surface area contributed by atoms with E-state index in [2.05, 4.69) is 15.6 Å². The molecule has 0 unspecified atom stereocenters. The van der Waals surface area contributed by atoms with Crippen LogP contribution in [0.2, 0.25) is 0 Å². The second kappa shape index (κ2) is 11.5. The number of nitrogens with zero attached hydrogens (tertiary/aromatic N) is 1. The first kappa shape index (κ1) is 23.7. The molecule has 0 saturated carbocycles. The summed E-state index contributed by atoms with van der Waals surface area (Å²) in [6.07, 6.45) is 0. The second-order valence-corrected chi connectivity index (χ2v) is 8.19. The lowest BCUT2D eigenvalue weighted by Crippen LogP contribution is -2.36. The number of hydrogen-bond donors (Lipinski definition) is 3. The Hall–Kier alpha value is -2.62. The van der Waals surface area contributed by atoms with Gasteiger partial charge in [-0.05, 0) is 43.2 Å². The van der Waals surface area contributed by atoms with Gasteiger partial charge in [-0.2, -0.15) is 0 Å². The lowest BCUT2D eigenvalue weighted by molar-refractivity contribution is 0.110. The molecule has 0 aliphatic heterocycles. The zero-order valence-electron chi connectivity index (χ0n) is 17.6. The first-order valence-electron chi connectivity index (χ1n) is 9.69. The maximum atomic E-state index is 11.5. The van der Waals surface area contributed by atoms with Gasteiger partial charge in [0.2, 0.25) is 10.0 Å². The summed E-state index contributed by atoms with van der Waals surface area (Å²) in [6, 6.07) is 12.5. The summed E-state index contributed by atoms with van der Waals surface area (Å²) in [5, 5.41) is 11.6. The molecule has 0 bridgehead atoms. The second-order valence-electron chi connectivity index (χ2n) is 6.63. The Balaban J connectivity index is 1.96. The van der Waals surface area contributed by atoms with E-state index in [0.29, 0.717) is 38.9 Å². The van der Waals surface area contributed by atoms with Gasteiger partial charge in [0, 0.05) is 32.3 Å². The number of primary sulfonamides is 1. The van der Waals surface area contributed by atoms with Gasteiger partial charge in [0.05, 0.1) is 11.5 Å². The zero-order chi connectivity index (χ0) is 22.0. The SMILES string of the molecule is CCOCCOc1cc(C)ccc1CNC(=NC)NCc1cccc(S(N)(=O)=O)c1. The topological polar surface area (TPSA) is 115 Å². The van der Waals surface area contributed by atoms with Gasteiger partial charge in [0.1, 0.15) is 12.4 Å². The molecule has 0 saturated heterocycles. The van der Waals surface area contributed by atoms with Gasteiger partial charge in [-0.1, -0.05) is 24.3 Å². The number of sulfonamides is 1. The average molecular weight is 435 g/mol. The monoisotopic (exact) mass is 434 g/mol. The van der Waals surface area contributed by atoms with E-state index < -0.39 is 10.0 Å². The van der Waals surface area contributed by atoms with Crippen LogP contribution in [0, 0.1) is 6.92 Å². The highest BCUT2D eigenvalue weighted by Crippen LogP contribution is 2.20. The fraction of sp³-hybridized carbons (Fsp3) is 0.381. The Kier molecular flexibility index (Phi) is 9.10. The first-order valence-corrected chi connectivity index (χ1v) is 11.2. The third-order valence-electron chi connectivity index (χ3n) is 4.27. The number of rotatable bonds is 10. The van der Waals surface area contributed by atoms with Crippen molar-refractivity contribution in [1.29, 1.82) is 0 Å². The van der Waals surface area contributed by atoms with E-state index in [1.807, 2.05) is 38.1 Å². The molecule has 0 atom stereocenters. The van der Waals surface area contributed by atoms with E-state index in [4.69, 9.17) is 14.6 Å². The standard InChI is InChI=1S/C21H30N4O4S/c1-4-28-10-11-29-20-12-16(2)8-9-18(20)15-25-21(23-3)24-14-17-6-5-7-19(13-17)30(22,26)27/h5-9,12-13H,4,10-11,14-15H2,1-3H3,(H2,22,26,27)(H2,23,24,25). The number of benzene rings is 2. The summed E-state index contributed by atoms with van der Waals surface area (Å²) in [5.41, 5.74) is 2.89. The molecule has 2 rings (SSSR count). The predicted molar refractivity (Wildman–Crippen MR) is 118 cm³/mol. The van der Waals surface area contributed by atoms with Crippen molar-refractivity contribution in [2.75, 3.05) is 26.9 Å². The lowest BCUT2D eigenvalue weighted by Gasteiger charge is -2.16. The molecule has 4 N–H and O–H groups in total. The molecule has 0 heterocycles. The molecule has 0 fully saturated rings. The van der Waals surface area contributed by atoms with E-state index in [1.54, 1.807) is 19.2 Å². The summed E-state index contributed by atoms with van der Waals surface area (Å²) < 4.78 is 34.2. The van der Waals surface area contributed by atoms with Crippen LogP contribution in [0.25, 0.3) is 0 Å². The molecule has 0 radical (unpaired) electrons. The Labute approximate surface area is 178 Å². The van der Waals surface area contributed by atoms with Gasteiger partial charge in [0.25, 0.3) is 0 Å². The van der Waals surface area contributed by atoms with E-state index >= 15 is 0 Å². The maximum Gasteiger partial charge on any atom is 0.238 e. The molecule has 0 amide bonds. The van der Waals surface area contributed by atoms with Gasteiger partial charge >= 0.3 is 0 Å². The molecule has 0 spiro atoms. The molecule has 0 aromatic heterocycles. The van der Waals surface area contributed by atoms with Crippen LogP contribution < -0.4 is 20.5 Å². The Morgan fingerprint density at radius 3 is 2.57 bits per heavy atom. The number of guanidine groups is 1. The predicted octanol–water partition coefficient (Wildman–Crippen LogP) is 1.92. The molecule has 9 heteroatoms. The van der Waals surface area contributed by atoms with Gasteiger partial charge in [-0.3, -0.25) is 4.99 Å². The van der Waals surface area contributed by atoms with Crippen LogP contribution in [0.5, 0.6) is 5.75 Å². The van der Waals surface area contributed by atoms with E-state index in [1.165, 1.54) is 6.07 Å². The van der Waals surface area contributed by atoms with Crippen LogP contribution >= 0.6 is 0 Å². The van der Waals surface area contributed by atoms with Crippen molar-refractivity contribution in [3.05, 3.63) is 59.2 Å². The van der Waals surface area contributed by atoms with E-state index in [-0.39, 0.29) is 4.90 Å². The van der Waals surface area contributed by atoms with Crippen LogP contribution in [0.3, 0.4) is 0 Å². The third kappa shape index (κ3) is 7.66. The van der Waals surface area contributed by atoms with Crippen molar-refractivity contribution >= 4 is 16.0 Å². The highest BCUT2D eigenvalue weighted by atomic mass is 32.2. The molecular weight excluding hydrogens is 404 g/mol. The number of hydrogen-bond acceptors (Lipinski definition) is 5. The number of aryl methyl sites for hydroxylation is 1. The molecule has 8 nitrogen and oxygen atoms in total. The van der Waals surface area contributed by atoms with Crippen LogP contribution in [0.4, 0.5) is 0 Å². The molecule has 164 valence electrons. The summed E-state index contributed by atoms with van der Waals surface area (Å²) >= 11 is 0. The van der Waals surface area contributed by atoms with Crippen LogP contribution in [0.15, 0.2) is 52.4 Å². The normalized spacial score (nSPS) is 11.9. The first-order chi connectivity index (χ1) is 14.3. The molecule has 2 aromatic rings. The summed E-state index contributed by atoms with van der Waals surface area (Å²) in [5.74, 6) is 1.38. The van der Waals surface area contributed by atoms with Gasteiger partial charge < -0.3 is 20.1 Å². The number of aliphatic imine (C=N–C) groups is 1. The van der Waals surface area contributed by atoms with Crippen LogP contribution in [-0.2, 0) is 27.8 Å². The third-order valence-corrected chi connectivity index (χ3v) is 5.18. The Bertz CT molecular complexity index is 961.